The Morgan fingerprint density at radius 3 is 2.57 bits per heavy atom. The highest BCUT2D eigenvalue weighted by Gasteiger charge is 2.16. The van der Waals surface area contributed by atoms with Gasteiger partial charge in [-0.15, -0.1) is 0 Å². The quantitative estimate of drug-likeness (QED) is 0.722. The van der Waals surface area contributed by atoms with Gasteiger partial charge in [-0.05, 0) is 6.42 Å². The highest BCUT2D eigenvalue weighted by Crippen LogP contribution is 2.17. The molecule has 1 rings (SSSR count). The molecule has 0 amide bonds. The predicted molar refractivity (Wildman–Crippen MR) is 42.7 cm³/mol. The summed E-state index contributed by atoms with van der Waals surface area (Å²) in [7, 11) is 0. The first-order chi connectivity index (χ1) is 6.56. The van der Waals surface area contributed by atoms with Crippen molar-refractivity contribution in [3.8, 4) is 0 Å². The number of aliphatic hydroxyl groups excluding tert-OH is 1. The lowest BCUT2D eigenvalue weighted by molar-refractivity contribution is 0.273. The van der Waals surface area contributed by atoms with E-state index in [9.17, 15) is 13.2 Å². The fourth-order valence-corrected chi connectivity index (χ4v) is 0.993. The average molecular weight is 206 g/mol. The van der Waals surface area contributed by atoms with Gasteiger partial charge in [0, 0.05) is 12.7 Å². The molecule has 0 aliphatic rings. The van der Waals surface area contributed by atoms with E-state index < -0.39 is 23.6 Å². The van der Waals surface area contributed by atoms with Crippen molar-refractivity contribution in [3.63, 3.8) is 0 Å². The molecule has 0 fully saturated rings. The van der Waals surface area contributed by atoms with Gasteiger partial charge in [0.15, 0.2) is 5.82 Å². The summed E-state index contributed by atoms with van der Waals surface area (Å²) in [4.78, 5) is 3.04. The summed E-state index contributed by atoms with van der Waals surface area (Å²) in [6, 6.07) is -0.551. The van der Waals surface area contributed by atoms with Crippen LogP contribution in [0, 0.1) is 17.6 Å². The molecule has 0 saturated heterocycles. The topological polar surface area (TPSA) is 59.1 Å². The van der Waals surface area contributed by atoms with Gasteiger partial charge in [-0.3, -0.25) is 0 Å². The zero-order valence-electron chi connectivity index (χ0n) is 7.17. The van der Waals surface area contributed by atoms with E-state index in [-0.39, 0.29) is 18.7 Å². The zero-order valence-corrected chi connectivity index (χ0v) is 7.17. The SMILES string of the molecule is N[C@H](CCO)c1nc(F)c(F)cc1F. The van der Waals surface area contributed by atoms with Crippen LogP contribution in [0.3, 0.4) is 0 Å². The van der Waals surface area contributed by atoms with Gasteiger partial charge in [0.2, 0.25) is 5.95 Å². The van der Waals surface area contributed by atoms with Gasteiger partial charge >= 0.3 is 0 Å². The van der Waals surface area contributed by atoms with E-state index in [1.807, 2.05) is 0 Å². The van der Waals surface area contributed by atoms with Crippen LogP contribution >= 0.6 is 0 Å². The minimum Gasteiger partial charge on any atom is -0.396 e. The van der Waals surface area contributed by atoms with Crippen LogP contribution < -0.4 is 5.73 Å². The molecule has 0 aliphatic heterocycles. The van der Waals surface area contributed by atoms with Crippen LogP contribution in [0.1, 0.15) is 18.2 Å². The van der Waals surface area contributed by atoms with E-state index in [0.717, 1.165) is 0 Å². The molecule has 1 aromatic heterocycles. The summed E-state index contributed by atoms with van der Waals surface area (Å²) in [6.45, 7) is -0.277. The van der Waals surface area contributed by atoms with Gasteiger partial charge in [-0.2, -0.15) is 4.39 Å². The molecular weight excluding hydrogens is 197 g/mol. The predicted octanol–water partition coefficient (Wildman–Crippen LogP) is 0.881. The van der Waals surface area contributed by atoms with Crippen molar-refractivity contribution >= 4 is 0 Å². The van der Waals surface area contributed by atoms with Crippen molar-refractivity contribution in [2.24, 2.45) is 5.73 Å². The molecule has 1 aromatic rings. The smallest absolute Gasteiger partial charge is 0.249 e. The average Bonchev–Trinajstić information content (AvgIpc) is 2.11. The van der Waals surface area contributed by atoms with Crippen molar-refractivity contribution in [1.29, 1.82) is 0 Å². The molecule has 1 atom stereocenters. The molecule has 3 N–H and O–H groups in total. The summed E-state index contributed by atoms with van der Waals surface area (Å²) in [5.41, 5.74) is 5.00. The second-order valence-corrected chi connectivity index (χ2v) is 2.75. The van der Waals surface area contributed by atoms with Gasteiger partial charge in [-0.25, -0.2) is 13.8 Å². The van der Waals surface area contributed by atoms with Crippen molar-refractivity contribution < 1.29 is 18.3 Å². The van der Waals surface area contributed by atoms with E-state index in [1.165, 1.54) is 0 Å². The van der Waals surface area contributed by atoms with Gasteiger partial charge in [0.05, 0.1) is 11.7 Å². The van der Waals surface area contributed by atoms with Crippen LogP contribution in [-0.4, -0.2) is 16.7 Å². The second kappa shape index (κ2) is 4.39. The summed E-state index contributed by atoms with van der Waals surface area (Å²) in [5, 5.41) is 8.51. The third kappa shape index (κ3) is 2.21. The molecule has 14 heavy (non-hydrogen) atoms. The molecule has 0 bridgehead atoms. The molecule has 3 nitrogen and oxygen atoms in total. The summed E-state index contributed by atoms with van der Waals surface area (Å²) < 4.78 is 38.0. The van der Waals surface area contributed by atoms with Crippen LogP contribution in [0.15, 0.2) is 6.07 Å². The van der Waals surface area contributed by atoms with Crippen LogP contribution in [0.4, 0.5) is 13.2 Å². The second-order valence-electron chi connectivity index (χ2n) is 2.75. The minimum absolute atomic E-state index is 0.0367. The monoisotopic (exact) mass is 206 g/mol. The van der Waals surface area contributed by atoms with Crippen LogP contribution in [0.25, 0.3) is 0 Å². The molecule has 0 saturated carbocycles. The Kier molecular flexibility index (Phi) is 3.43. The fraction of sp³-hybridized carbons (Fsp3) is 0.375. The highest BCUT2D eigenvalue weighted by molar-refractivity contribution is 5.13. The Morgan fingerprint density at radius 2 is 2.00 bits per heavy atom. The zero-order chi connectivity index (χ0) is 10.7. The van der Waals surface area contributed by atoms with E-state index in [4.69, 9.17) is 10.8 Å². The van der Waals surface area contributed by atoms with Crippen LogP contribution in [0.5, 0.6) is 0 Å². The summed E-state index contributed by atoms with van der Waals surface area (Å²) in [5.74, 6) is -3.76. The first-order valence-corrected chi connectivity index (χ1v) is 3.94. The Hall–Kier alpha value is -1.14. The van der Waals surface area contributed by atoms with Crippen LogP contribution in [-0.2, 0) is 0 Å². The van der Waals surface area contributed by atoms with Crippen molar-refractivity contribution in [2.45, 2.75) is 12.5 Å². The molecule has 0 radical (unpaired) electrons. The molecule has 0 spiro atoms. The molecule has 0 aromatic carbocycles. The first-order valence-electron chi connectivity index (χ1n) is 3.94. The number of nitrogens with zero attached hydrogens (tertiary/aromatic N) is 1. The molecule has 0 unspecified atom stereocenters. The van der Waals surface area contributed by atoms with Gasteiger partial charge < -0.3 is 10.8 Å². The molecule has 6 heteroatoms. The highest BCUT2D eigenvalue weighted by atomic mass is 19.2. The number of hydrogen-bond acceptors (Lipinski definition) is 3. The van der Waals surface area contributed by atoms with E-state index in [0.29, 0.717) is 6.07 Å². The fourth-order valence-electron chi connectivity index (χ4n) is 0.993. The number of nitrogens with two attached hydrogens (primary N) is 1. The maximum absolute atomic E-state index is 13.0. The lowest BCUT2D eigenvalue weighted by Gasteiger charge is -2.10. The maximum Gasteiger partial charge on any atom is 0.249 e. The number of halogens is 3. The van der Waals surface area contributed by atoms with Crippen LogP contribution in [0.2, 0.25) is 0 Å². The summed E-state index contributed by atoms with van der Waals surface area (Å²) in [6.07, 6.45) is 0.0367. The van der Waals surface area contributed by atoms with E-state index in [1.54, 1.807) is 0 Å². The number of pyridine rings is 1. The van der Waals surface area contributed by atoms with Crippen molar-refractivity contribution in [2.75, 3.05) is 6.61 Å². The Balaban J connectivity index is 3.02. The molecule has 0 aliphatic carbocycles. The molecule has 1 heterocycles. The third-order valence-corrected chi connectivity index (χ3v) is 1.71. The number of aromatic nitrogens is 1. The lowest BCUT2D eigenvalue weighted by Crippen LogP contribution is -2.16. The lowest BCUT2D eigenvalue weighted by atomic mass is 10.1. The third-order valence-electron chi connectivity index (χ3n) is 1.71. The largest absolute Gasteiger partial charge is 0.396 e. The normalized spacial score (nSPS) is 12.9. The number of rotatable bonds is 3. The summed E-state index contributed by atoms with van der Waals surface area (Å²) >= 11 is 0. The minimum atomic E-state index is -1.39. The first kappa shape index (κ1) is 10.9. The Bertz CT molecular complexity index is 333. The van der Waals surface area contributed by atoms with Gasteiger partial charge in [0.25, 0.3) is 0 Å². The Morgan fingerprint density at radius 1 is 1.36 bits per heavy atom. The van der Waals surface area contributed by atoms with Gasteiger partial charge in [0.1, 0.15) is 5.82 Å². The number of hydrogen-bond donors (Lipinski definition) is 2. The van der Waals surface area contributed by atoms with E-state index >= 15 is 0 Å². The van der Waals surface area contributed by atoms with E-state index in [2.05, 4.69) is 4.98 Å². The van der Waals surface area contributed by atoms with Gasteiger partial charge in [-0.1, -0.05) is 0 Å². The van der Waals surface area contributed by atoms with Crippen molar-refractivity contribution in [3.05, 3.63) is 29.3 Å². The maximum atomic E-state index is 13.0. The number of aliphatic hydroxyl groups is 1. The molecule has 78 valence electrons. The molecular formula is C8H9F3N2O. The van der Waals surface area contributed by atoms with Crippen molar-refractivity contribution in [1.82, 2.24) is 4.98 Å². The Labute approximate surface area is 78.4 Å². The standard InChI is InChI=1S/C8H9F3N2O/c9-4-3-5(10)8(11)13-7(4)6(12)1-2-14/h3,6,14H,1-2,12H2/t6-/m1/s1.